The number of hydrogen-bond acceptors (Lipinski definition) is 3. The Hall–Kier alpha value is -2.23. The minimum atomic E-state index is -0.918. The molecule has 0 aliphatic heterocycles. The molecule has 0 radical (unpaired) electrons. The molecule has 4 nitrogen and oxygen atoms in total. The molecule has 0 spiro atoms. The number of anilines is 1. The van der Waals surface area contributed by atoms with Gasteiger partial charge in [0.15, 0.2) is 0 Å². The van der Waals surface area contributed by atoms with E-state index in [1.54, 1.807) is 18.2 Å². The van der Waals surface area contributed by atoms with E-state index < -0.39 is 5.97 Å². The highest BCUT2D eigenvalue weighted by molar-refractivity contribution is 5.88. The number of furan rings is 1. The van der Waals surface area contributed by atoms with Crippen LogP contribution in [0.2, 0.25) is 0 Å². The van der Waals surface area contributed by atoms with Crippen molar-refractivity contribution in [2.75, 3.05) is 11.9 Å². The second-order valence-corrected chi connectivity index (χ2v) is 4.22. The largest absolute Gasteiger partial charge is 0.478 e. The molecule has 0 atom stereocenters. The smallest absolute Gasteiger partial charge is 0.335 e. The van der Waals surface area contributed by atoms with Gasteiger partial charge in [-0.15, -0.1) is 0 Å². The maximum absolute atomic E-state index is 10.9. The van der Waals surface area contributed by atoms with E-state index in [0.717, 1.165) is 17.2 Å². The zero-order valence-corrected chi connectivity index (χ0v) is 10.4. The van der Waals surface area contributed by atoms with Crippen molar-refractivity contribution >= 4 is 11.7 Å². The van der Waals surface area contributed by atoms with Crippen LogP contribution in [0.15, 0.2) is 40.8 Å². The van der Waals surface area contributed by atoms with E-state index in [1.807, 2.05) is 37.1 Å². The third kappa shape index (κ3) is 2.71. The predicted octanol–water partition coefficient (Wildman–Crippen LogP) is 2.92. The van der Waals surface area contributed by atoms with Crippen LogP contribution in [0, 0.1) is 6.92 Å². The molecule has 1 heterocycles. The van der Waals surface area contributed by atoms with Gasteiger partial charge in [0.1, 0.15) is 11.5 Å². The van der Waals surface area contributed by atoms with E-state index in [2.05, 4.69) is 0 Å². The number of carboxylic acids is 1. The molecule has 0 saturated carbocycles. The molecular weight excluding hydrogens is 230 g/mol. The van der Waals surface area contributed by atoms with Gasteiger partial charge in [0, 0.05) is 12.7 Å². The van der Waals surface area contributed by atoms with Gasteiger partial charge in [-0.3, -0.25) is 0 Å². The third-order valence-corrected chi connectivity index (χ3v) is 2.72. The van der Waals surface area contributed by atoms with Crippen molar-refractivity contribution in [3.05, 3.63) is 53.5 Å². The van der Waals surface area contributed by atoms with Crippen molar-refractivity contribution < 1.29 is 14.3 Å². The van der Waals surface area contributed by atoms with Crippen LogP contribution in [0.3, 0.4) is 0 Å². The molecule has 0 aliphatic rings. The number of carbonyl (C=O) groups is 1. The molecule has 1 aromatic carbocycles. The van der Waals surface area contributed by atoms with Crippen molar-refractivity contribution in [3.8, 4) is 0 Å². The van der Waals surface area contributed by atoms with Crippen molar-refractivity contribution in [2.45, 2.75) is 13.5 Å². The normalized spacial score (nSPS) is 10.3. The van der Waals surface area contributed by atoms with Crippen LogP contribution >= 0.6 is 0 Å². The Morgan fingerprint density at radius 2 is 2.11 bits per heavy atom. The number of aromatic carboxylic acids is 1. The zero-order valence-electron chi connectivity index (χ0n) is 10.4. The third-order valence-electron chi connectivity index (χ3n) is 2.72. The minimum Gasteiger partial charge on any atom is -0.478 e. The van der Waals surface area contributed by atoms with Crippen LogP contribution in [-0.2, 0) is 6.54 Å². The molecule has 1 aromatic heterocycles. The van der Waals surface area contributed by atoms with E-state index in [4.69, 9.17) is 9.52 Å². The van der Waals surface area contributed by atoms with E-state index in [9.17, 15) is 4.79 Å². The lowest BCUT2D eigenvalue weighted by molar-refractivity contribution is 0.0697. The van der Waals surface area contributed by atoms with Gasteiger partial charge < -0.3 is 14.4 Å². The molecule has 2 rings (SSSR count). The summed E-state index contributed by atoms with van der Waals surface area (Å²) in [4.78, 5) is 12.8. The lowest BCUT2D eigenvalue weighted by Crippen LogP contribution is -2.16. The summed E-state index contributed by atoms with van der Waals surface area (Å²) in [5.41, 5.74) is 1.14. The highest BCUT2D eigenvalue weighted by atomic mass is 16.4. The van der Waals surface area contributed by atoms with Gasteiger partial charge in [-0.05, 0) is 37.3 Å². The number of aryl methyl sites for hydroxylation is 1. The summed E-state index contributed by atoms with van der Waals surface area (Å²) in [6.45, 7) is 2.51. The molecule has 0 bridgehead atoms. The summed E-state index contributed by atoms with van der Waals surface area (Å²) in [6, 6.07) is 10.7. The first-order valence-corrected chi connectivity index (χ1v) is 5.66. The summed E-state index contributed by atoms with van der Waals surface area (Å²) < 4.78 is 5.50. The minimum absolute atomic E-state index is 0.287. The van der Waals surface area contributed by atoms with E-state index in [-0.39, 0.29) is 5.56 Å². The number of benzene rings is 1. The Balaban J connectivity index is 2.15. The lowest BCUT2D eigenvalue weighted by atomic mass is 10.2. The van der Waals surface area contributed by atoms with Crippen LogP contribution in [0.1, 0.15) is 21.9 Å². The number of nitrogens with zero attached hydrogens (tertiary/aromatic N) is 1. The van der Waals surface area contributed by atoms with Crippen LogP contribution < -0.4 is 4.90 Å². The Labute approximate surface area is 105 Å². The fourth-order valence-corrected chi connectivity index (χ4v) is 1.77. The molecular formula is C14H15NO3. The van der Waals surface area contributed by atoms with Crippen molar-refractivity contribution in [1.82, 2.24) is 0 Å². The standard InChI is InChI=1S/C14H15NO3/c1-10-6-7-13(18-10)9-15(2)12-5-3-4-11(8-12)14(16)17/h3-8H,9H2,1-2H3,(H,16,17). The average molecular weight is 245 g/mol. The lowest BCUT2D eigenvalue weighted by Gasteiger charge is -2.18. The van der Waals surface area contributed by atoms with Gasteiger partial charge >= 0.3 is 5.97 Å². The highest BCUT2D eigenvalue weighted by Gasteiger charge is 2.08. The topological polar surface area (TPSA) is 53.7 Å². The van der Waals surface area contributed by atoms with Crippen molar-refractivity contribution in [2.24, 2.45) is 0 Å². The van der Waals surface area contributed by atoms with Crippen LogP contribution in [-0.4, -0.2) is 18.1 Å². The van der Waals surface area contributed by atoms with Gasteiger partial charge in [-0.25, -0.2) is 4.79 Å². The van der Waals surface area contributed by atoms with Crippen LogP contribution in [0.25, 0.3) is 0 Å². The first kappa shape index (κ1) is 12.2. The van der Waals surface area contributed by atoms with Crippen molar-refractivity contribution in [3.63, 3.8) is 0 Å². The Morgan fingerprint density at radius 1 is 1.33 bits per heavy atom. The van der Waals surface area contributed by atoms with Crippen LogP contribution in [0.4, 0.5) is 5.69 Å². The highest BCUT2D eigenvalue weighted by Crippen LogP contribution is 2.18. The summed E-state index contributed by atoms with van der Waals surface area (Å²) >= 11 is 0. The van der Waals surface area contributed by atoms with E-state index in [0.29, 0.717) is 6.54 Å². The molecule has 0 saturated heterocycles. The van der Waals surface area contributed by atoms with Gasteiger partial charge in [0.25, 0.3) is 0 Å². The fraction of sp³-hybridized carbons (Fsp3) is 0.214. The molecule has 18 heavy (non-hydrogen) atoms. The van der Waals surface area contributed by atoms with Gasteiger partial charge in [0.2, 0.25) is 0 Å². The molecule has 4 heteroatoms. The van der Waals surface area contributed by atoms with E-state index in [1.165, 1.54) is 0 Å². The second kappa shape index (κ2) is 4.96. The number of hydrogen-bond donors (Lipinski definition) is 1. The van der Waals surface area contributed by atoms with Crippen molar-refractivity contribution in [1.29, 1.82) is 0 Å². The van der Waals surface area contributed by atoms with E-state index >= 15 is 0 Å². The van der Waals surface area contributed by atoms with Gasteiger partial charge in [-0.1, -0.05) is 6.07 Å². The number of carboxylic acid groups (broad SMARTS) is 1. The fourth-order valence-electron chi connectivity index (χ4n) is 1.77. The van der Waals surface area contributed by atoms with Gasteiger partial charge in [0.05, 0.1) is 12.1 Å². The molecule has 94 valence electrons. The summed E-state index contributed by atoms with van der Waals surface area (Å²) in [5.74, 6) is 0.813. The summed E-state index contributed by atoms with van der Waals surface area (Å²) in [5, 5.41) is 8.95. The monoisotopic (exact) mass is 245 g/mol. The predicted molar refractivity (Wildman–Crippen MR) is 69.0 cm³/mol. The zero-order chi connectivity index (χ0) is 13.1. The first-order chi connectivity index (χ1) is 8.56. The average Bonchev–Trinajstić information content (AvgIpc) is 2.75. The van der Waals surface area contributed by atoms with Gasteiger partial charge in [-0.2, -0.15) is 0 Å². The second-order valence-electron chi connectivity index (χ2n) is 4.22. The quantitative estimate of drug-likeness (QED) is 0.899. The number of rotatable bonds is 4. The first-order valence-electron chi connectivity index (χ1n) is 5.66. The molecule has 0 unspecified atom stereocenters. The Kier molecular flexibility index (Phi) is 3.37. The molecule has 0 amide bonds. The summed E-state index contributed by atoms with van der Waals surface area (Å²) in [6.07, 6.45) is 0. The Bertz CT molecular complexity index is 560. The SMILES string of the molecule is Cc1ccc(CN(C)c2cccc(C(=O)O)c2)o1. The van der Waals surface area contributed by atoms with Crippen LogP contribution in [0.5, 0.6) is 0 Å². The summed E-state index contributed by atoms with van der Waals surface area (Å²) in [7, 11) is 1.90. The molecule has 0 aliphatic carbocycles. The maximum atomic E-state index is 10.9. The Morgan fingerprint density at radius 3 is 2.72 bits per heavy atom. The molecule has 0 fully saturated rings. The molecule has 1 N–H and O–H groups in total. The maximum Gasteiger partial charge on any atom is 0.335 e. The molecule has 2 aromatic rings.